The maximum atomic E-state index is 12.1. The molecule has 2 rings (SSSR count). The Labute approximate surface area is 145 Å². The number of aryl methyl sites for hydroxylation is 4. The van der Waals surface area contributed by atoms with Gasteiger partial charge in [-0.05, 0) is 57.7 Å². The Morgan fingerprint density at radius 1 is 1.04 bits per heavy atom. The fraction of sp³-hybridized carbons (Fsp3) is 0.381. The van der Waals surface area contributed by atoms with Crippen LogP contribution in [0.2, 0.25) is 0 Å². The first-order valence-corrected chi connectivity index (χ1v) is 8.53. The van der Waals surface area contributed by atoms with Crippen LogP contribution in [0, 0.1) is 20.8 Å². The summed E-state index contributed by atoms with van der Waals surface area (Å²) in [6.45, 7) is 8.57. The van der Waals surface area contributed by atoms with E-state index in [-0.39, 0.29) is 5.91 Å². The molecule has 3 heteroatoms. The average Bonchev–Trinajstić information content (AvgIpc) is 2.55. The van der Waals surface area contributed by atoms with Crippen LogP contribution < -0.4 is 10.1 Å². The maximum Gasteiger partial charge on any atom is 0.260 e. The first-order valence-electron chi connectivity index (χ1n) is 8.53. The van der Waals surface area contributed by atoms with E-state index in [0.717, 1.165) is 24.2 Å². The van der Waals surface area contributed by atoms with Crippen LogP contribution in [0.5, 0.6) is 5.75 Å². The molecule has 2 aromatic carbocycles. The Morgan fingerprint density at radius 3 is 2.38 bits per heavy atom. The van der Waals surface area contributed by atoms with E-state index in [1.165, 1.54) is 16.7 Å². The SMILES string of the molecule is Cc1ccc(CCCNC(=O)[C@H](C)Oc2ccc(C)cc2C)cc1. The summed E-state index contributed by atoms with van der Waals surface area (Å²) < 4.78 is 5.78. The van der Waals surface area contributed by atoms with Gasteiger partial charge in [-0.1, -0.05) is 47.5 Å². The second kappa shape index (κ2) is 8.53. The van der Waals surface area contributed by atoms with E-state index >= 15 is 0 Å². The Kier molecular flexibility index (Phi) is 6.42. The minimum atomic E-state index is -0.495. The Morgan fingerprint density at radius 2 is 1.71 bits per heavy atom. The average molecular weight is 325 g/mol. The summed E-state index contributed by atoms with van der Waals surface area (Å²) in [6.07, 6.45) is 1.39. The lowest BCUT2D eigenvalue weighted by molar-refractivity contribution is -0.127. The van der Waals surface area contributed by atoms with Gasteiger partial charge >= 0.3 is 0 Å². The van der Waals surface area contributed by atoms with Crippen LogP contribution >= 0.6 is 0 Å². The van der Waals surface area contributed by atoms with Gasteiger partial charge in [0.2, 0.25) is 0 Å². The molecule has 0 fully saturated rings. The third-order valence-corrected chi connectivity index (χ3v) is 4.07. The van der Waals surface area contributed by atoms with Gasteiger partial charge in [0, 0.05) is 6.54 Å². The van der Waals surface area contributed by atoms with Crippen molar-refractivity contribution in [3.63, 3.8) is 0 Å². The lowest BCUT2D eigenvalue weighted by Gasteiger charge is -2.16. The highest BCUT2D eigenvalue weighted by atomic mass is 16.5. The van der Waals surface area contributed by atoms with Gasteiger partial charge in [0.05, 0.1) is 0 Å². The number of carbonyl (C=O) groups is 1. The summed E-state index contributed by atoms with van der Waals surface area (Å²) in [4.78, 5) is 12.1. The molecule has 0 aliphatic carbocycles. The number of amides is 1. The number of nitrogens with one attached hydrogen (secondary N) is 1. The Balaban J connectivity index is 1.74. The van der Waals surface area contributed by atoms with Crippen LogP contribution in [0.15, 0.2) is 42.5 Å². The van der Waals surface area contributed by atoms with Gasteiger partial charge in [-0.3, -0.25) is 4.79 Å². The zero-order valence-corrected chi connectivity index (χ0v) is 15.1. The fourth-order valence-electron chi connectivity index (χ4n) is 2.58. The van der Waals surface area contributed by atoms with E-state index in [0.29, 0.717) is 6.54 Å². The van der Waals surface area contributed by atoms with Crippen molar-refractivity contribution in [2.75, 3.05) is 6.54 Å². The minimum Gasteiger partial charge on any atom is -0.481 e. The highest BCUT2D eigenvalue weighted by molar-refractivity contribution is 5.80. The monoisotopic (exact) mass is 325 g/mol. The van der Waals surface area contributed by atoms with Crippen molar-refractivity contribution in [2.24, 2.45) is 0 Å². The number of hydrogen-bond acceptors (Lipinski definition) is 2. The third-order valence-electron chi connectivity index (χ3n) is 4.07. The molecule has 1 N–H and O–H groups in total. The molecule has 1 atom stereocenters. The van der Waals surface area contributed by atoms with E-state index in [1.54, 1.807) is 6.92 Å². The lowest BCUT2D eigenvalue weighted by atomic mass is 10.1. The molecule has 0 saturated heterocycles. The highest BCUT2D eigenvalue weighted by Gasteiger charge is 2.15. The third kappa shape index (κ3) is 5.41. The maximum absolute atomic E-state index is 12.1. The first kappa shape index (κ1) is 18.1. The van der Waals surface area contributed by atoms with Crippen LogP contribution in [0.1, 0.15) is 35.6 Å². The summed E-state index contributed by atoms with van der Waals surface area (Å²) in [5, 5.41) is 2.95. The van der Waals surface area contributed by atoms with Gasteiger partial charge in [-0.2, -0.15) is 0 Å². The van der Waals surface area contributed by atoms with Crippen LogP contribution in [0.4, 0.5) is 0 Å². The fourth-order valence-corrected chi connectivity index (χ4v) is 2.58. The standard InChI is InChI=1S/C21H27NO2/c1-15-7-10-19(11-8-15)6-5-13-22-21(23)18(4)24-20-12-9-16(2)14-17(20)3/h7-12,14,18H,5-6,13H2,1-4H3,(H,22,23)/t18-/m0/s1. The molecule has 0 heterocycles. The van der Waals surface area contributed by atoms with Gasteiger partial charge in [0.25, 0.3) is 5.91 Å². The van der Waals surface area contributed by atoms with Crippen molar-refractivity contribution in [2.45, 2.75) is 46.6 Å². The van der Waals surface area contributed by atoms with Crippen molar-refractivity contribution in [3.05, 3.63) is 64.7 Å². The van der Waals surface area contributed by atoms with Gasteiger partial charge in [0.15, 0.2) is 6.10 Å². The molecule has 0 bridgehead atoms. The van der Waals surface area contributed by atoms with Crippen molar-refractivity contribution in [3.8, 4) is 5.75 Å². The molecular weight excluding hydrogens is 298 g/mol. The quantitative estimate of drug-likeness (QED) is 0.777. The molecule has 0 radical (unpaired) electrons. The summed E-state index contributed by atoms with van der Waals surface area (Å²) in [5.74, 6) is 0.696. The van der Waals surface area contributed by atoms with Crippen molar-refractivity contribution < 1.29 is 9.53 Å². The normalized spacial score (nSPS) is 11.8. The number of rotatable bonds is 7. The van der Waals surface area contributed by atoms with E-state index in [2.05, 4.69) is 42.6 Å². The molecule has 0 aromatic heterocycles. The molecular formula is C21H27NO2. The first-order chi connectivity index (χ1) is 11.5. The molecule has 24 heavy (non-hydrogen) atoms. The molecule has 3 nitrogen and oxygen atoms in total. The predicted octanol–water partition coefficient (Wildman–Crippen LogP) is 4.13. The van der Waals surface area contributed by atoms with Gasteiger partial charge in [-0.25, -0.2) is 0 Å². The zero-order chi connectivity index (χ0) is 17.5. The molecule has 2 aromatic rings. The number of hydrogen-bond donors (Lipinski definition) is 1. The highest BCUT2D eigenvalue weighted by Crippen LogP contribution is 2.20. The smallest absolute Gasteiger partial charge is 0.260 e. The number of carbonyl (C=O) groups excluding carboxylic acids is 1. The minimum absolute atomic E-state index is 0.0705. The van der Waals surface area contributed by atoms with E-state index in [9.17, 15) is 4.79 Å². The molecule has 0 aliphatic heterocycles. The molecule has 0 unspecified atom stereocenters. The van der Waals surface area contributed by atoms with Gasteiger partial charge < -0.3 is 10.1 Å². The molecule has 128 valence electrons. The van der Waals surface area contributed by atoms with Gasteiger partial charge in [-0.15, -0.1) is 0 Å². The summed E-state index contributed by atoms with van der Waals surface area (Å²) in [6, 6.07) is 14.5. The summed E-state index contributed by atoms with van der Waals surface area (Å²) in [7, 11) is 0. The molecule has 0 aliphatic rings. The van der Waals surface area contributed by atoms with Crippen molar-refractivity contribution in [1.29, 1.82) is 0 Å². The van der Waals surface area contributed by atoms with E-state index in [1.807, 2.05) is 26.0 Å². The van der Waals surface area contributed by atoms with Crippen LogP contribution in [-0.2, 0) is 11.2 Å². The summed E-state index contributed by atoms with van der Waals surface area (Å²) >= 11 is 0. The summed E-state index contributed by atoms with van der Waals surface area (Å²) in [5.41, 5.74) is 4.81. The Hall–Kier alpha value is -2.29. The molecule has 0 spiro atoms. The number of benzene rings is 2. The van der Waals surface area contributed by atoms with Crippen molar-refractivity contribution in [1.82, 2.24) is 5.32 Å². The van der Waals surface area contributed by atoms with E-state index in [4.69, 9.17) is 4.74 Å². The van der Waals surface area contributed by atoms with Gasteiger partial charge in [0.1, 0.15) is 5.75 Å². The van der Waals surface area contributed by atoms with Crippen LogP contribution in [0.25, 0.3) is 0 Å². The topological polar surface area (TPSA) is 38.3 Å². The second-order valence-electron chi connectivity index (χ2n) is 6.41. The van der Waals surface area contributed by atoms with Crippen molar-refractivity contribution >= 4 is 5.91 Å². The predicted molar refractivity (Wildman–Crippen MR) is 98.5 cm³/mol. The van der Waals surface area contributed by atoms with Crippen LogP contribution in [0.3, 0.4) is 0 Å². The molecule has 0 saturated carbocycles. The molecule has 1 amide bonds. The lowest BCUT2D eigenvalue weighted by Crippen LogP contribution is -2.37. The largest absolute Gasteiger partial charge is 0.481 e. The second-order valence-corrected chi connectivity index (χ2v) is 6.41. The van der Waals surface area contributed by atoms with Crippen LogP contribution in [-0.4, -0.2) is 18.6 Å². The number of ether oxygens (including phenoxy) is 1. The zero-order valence-electron chi connectivity index (χ0n) is 15.1. The van der Waals surface area contributed by atoms with E-state index < -0.39 is 6.10 Å². The Bertz CT molecular complexity index is 677.